The van der Waals surface area contributed by atoms with Gasteiger partial charge < -0.3 is 9.90 Å². The first kappa shape index (κ1) is 13.4. The van der Waals surface area contributed by atoms with Gasteiger partial charge in [0, 0.05) is 0 Å². The zero-order valence-electron chi connectivity index (χ0n) is 11.0. The minimum Gasteiger partial charge on any atom is -0.506 e. The average molecular weight is 296 g/mol. The Bertz CT molecular complexity index is 671. The Hall–Kier alpha value is -1.60. The number of nitrogens with one attached hydrogen (secondary N) is 1. The molecule has 0 radical (unpaired) electrons. The predicted molar refractivity (Wildman–Crippen MR) is 73.9 cm³/mol. The molecule has 1 aromatic rings. The van der Waals surface area contributed by atoms with Crippen molar-refractivity contribution >= 4 is 22.2 Å². The number of anilines is 1. The molecule has 0 bridgehead atoms. The molecule has 2 N–H and O–H groups in total. The van der Waals surface area contributed by atoms with Crippen molar-refractivity contribution in [1.82, 2.24) is 4.72 Å². The van der Waals surface area contributed by atoms with Gasteiger partial charge in [0.1, 0.15) is 12.0 Å². The predicted octanol–water partition coefficient (Wildman–Crippen LogP) is 0.349. The fourth-order valence-corrected chi connectivity index (χ4v) is 4.34. The smallest absolute Gasteiger partial charge is 0.302 e. The number of rotatable bonds is 2. The minimum atomic E-state index is -3.76. The van der Waals surface area contributed by atoms with E-state index >= 15 is 0 Å². The lowest BCUT2D eigenvalue weighted by molar-refractivity contribution is -0.108. The Kier molecular flexibility index (Phi) is 2.98. The molecule has 0 saturated carbocycles. The zero-order valence-corrected chi connectivity index (χ0v) is 11.9. The molecular weight excluding hydrogens is 280 g/mol. The number of carbonyl (C=O) groups excluding carboxylic acids is 1. The molecule has 20 heavy (non-hydrogen) atoms. The van der Waals surface area contributed by atoms with Crippen LogP contribution < -0.4 is 9.03 Å². The number of hydrogen-bond donors (Lipinski definition) is 2. The number of nitrogens with zero attached hydrogens (tertiary/aromatic N) is 1. The lowest BCUT2D eigenvalue weighted by Crippen LogP contribution is -2.30. The molecule has 0 amide bonds. The Morgan fingerprint density at radius 2 is 2.00 bits per heavy atom. The van der Waals surface area contributed by atoms with Gasteiger partial charge in [-0.15, -0.1) is 0 Å². The van der Waals surface area contributed by atoms with Crippen LogP contribution in [0.25, 0.3) is 0 Å². The van der Waals surface area contributed by atoms with Gasteiger partial charge in [-0.2, -0.15) is 13.1 Å². The monoisotopic (exact) mass is 296 g/mol. The van der Waals surface area contributed by atoms with Crippen molar-refractivity contribution in [2.75, 3.05) is 10.8 Å². The van der Waals surface area contributed by atoms with E-state index in [0.29, 0.717) is 12.2 Å². The van der Waals surface area contributed by atoms with Crippen LogP contribution in [0.2, 0.25) is 0 Å². The Labute approximate surface area is 117 Å². The van der Waals surface area contributed by atoms with Gasteiger partial charge in [-0.3, -0.25) is 4.31 Å². The number of benzene rings is 1. The second-order valence-electron chi connectivity index (χ2n) is 5.52. The van der Waals surface area contributed by atoms with E-state index in [1.165, 1.54) is 0 Å². The van der Waals surface area contributed by atoms with Gasteiger partial charge in [0.2, 0.25) is 0 Å². The highest BCUT2D eigenvalue weighted by molar-refractivity contribution is 7.91. The van der Waals surface area contributed by atoms with E-state index in [0.717, 1.165) is 28.3 Å². The summed E-state index contributed by atoms with van der Waals surface area (Å²) in [6.45, 7) is 2.13. The number of hydrogen-bond acceptors (Lipinski definition) is 4. The molecule has 6 nitrogen and oxygen atoms in total. The summed E-state index contributed by atoms with van der Waals surface area (Å²) in [7, 11) is -3.76. The van der Waals surface area contributed by atoms with Crippen molar-refractivity contribution in [2.24, 2.45) is 5.92 Å². The first-order valence-electron chi connectivity index (χ1n) is 6.51. The summed E-state index contributed by atoms with van der Waals surface area (Å²) in [6, 6.07) is 2.59. The van der Waals surface area contributed by atoms with Crippen LogP contribution in [0, 0.1) is 5.92 Å². The maximum Gasteiger partial charge on any atom is 0.302 e. The van der Waals surface area contributed by atoms with Gasteiger partial charge in [-0.1, -0.05) is 6.92 Å². The fraction of sp³-hybridized carbons (Fsp3) is 0.462. The topological polar surface area (TPSA) is 86.7 Å². The van der Waals surface area contributed by atoms with Crippen LogP contribution in [0.5, 0.6) is 5.75 Å². The fourth-order valence-electron chi connectivity index (χ4n) is 2.93. The summed E-state index contributed by atoms with van der Waals surface area (Å²) in [5.41, 5.74) is 2.37. The lowest BCUT2D eigenvalue weighted by Gasteiger charge is -2.18. The number of aromatic hydroxyl groups is 1. The molecule has 1 aliphatic heterocycles. The zero-order chi connectivity index (χ0) is 14.5. The molecule has 2 atom stereocenters. The van der Waals surface area contributed by atoms with E-state index < -0.39 is 16.3 Å². The first-order valence-corrected chi connectivity index (χ1v) is 7.95. The number of phenols is 1. The van der Waals surface area contributed by atoms with Gasteiger partial charge in [0.15, 0.2) is 0 Å². The van der Waals surface area contributed by atoms with E-state index in [1.54, 1.807) is 12.1 Å². The molecule has 1 saturated heterocycles. The molecule has 1 fully saturated rings. The summed E-state index contributed by atoms with van der Waals surface area (Å²) in [4.78, 5) is 10.8. The lowest BCUT2D eigenvalue weighted by atomic mass is 10.1. The standard InChI is InChI=1S/C13H16N2O4S/c1-8-2-9-4-12(13(17)5-10(9)3-8)15-6-11(7-16)14-20(15,18)19/h4-5,7-8,11,14,17H,2-3,6H2,1H3. The first-order chi connectivity index (χ1) is 9.40. The van der Waals surface area contributed by atoms with Crippen molar-refractivity contribution in [3.63, 3.8) is 0 Å². The van der Waals surface area contributed by atoms with Crippen LogP contribution in [-0.4, -0.2) is 32.4 Å². The van der Waals surface area contributed by atoms with Crippen LogP contribution in [0.3, 0.4) is 0 Å². The molecule has 2 aliphatic rings. The maximum absolute atomic E-state index is 12.0. The number of fused-ring (bicyclic) bond motifs is 1. The van der Waals surface area contributed by atoms with Crippen LogP contribution in [0.15, 0.2) is 12.1 Å². The SMILES string of the molecule is CC1Cc2cc(O)c(N3CC(C=O)NS3(=O)=O)cc2C1. The van der Waals surface area contributed by atoms with E-state index in [9.17, 15) is 18.3 Å². The average Bonchev–Trinajstić information content (AvgIpc) is 2.86. The molecule has 0 spiro atoms. The molecular formula is C13H16N2O4S. The molecule has 1 heterocycles. The molecule has 1 aliphatic carbocycles. The Morgan fingerprint density at radius 3 is 2.60 bits per heavy atom. The van der Waals surface area contributed by atoms with Crippen LogP contribution in [0.4, 0.5) is 5.69 Å². The largest absolute Gasteiger partial charge is 0.506 e. The number of carbonyl (C=O) groups is 1. The summed E-state index contributed by atoms with van der Waals surface area (Å²) < 4.78 is 27.3. The highest BCUT2D eigenvalue weighted by Crippen LogP contribution is 2.38. The molecule has 3 rings (SSSR count). The second kappa shape index (κ2) is 4.46. The van der Waals surface area contributed by atoms with Crippen LogP contribution >= 0.6 is 0 Å². The maximum atomic E-state index is 12.0. The van der Waals surface area contributed by atoms with E-state index in [-0.39, 0.29) is 18.0 Å². The summed E-state index contributed by atoms with van der Waals surface area (Å²) >= 11 is 0. The third kappa shape index (κ3) is 2.06. The minimum absolute atomic E-state index is 0.00767. The van der Waals surface area contributed by atoms with Crippen LogP contribution in [0.1, 0.15) is 18.1 Å². The highest BCUT2D eigenvalue weighted by Gasteiger charge is 2.37. The molecule has 1 aromatic carbocycles. The van der Waals surface area contributed by atoms with E-state index in [4.69, 9.17) is 0 Å². The third-order valence-electron chi connectivity index (χ3n) is 3.82. The normalized spacial score (nSPS) is 27.6. The van der Waals surface area contributed by atoms with Gasteiger partial charge in [0.05, 0.1) is 18.3 Å². The second-order valence-corrected chi connectivity index (χ2v) is 7.15. The van der Waals surface area contributed by atoms with Crippen molar-refractivity contribution in [1.29, 1.82) is 0 Å². The third-order valence-corrected chi connectivity index (χ3v) is 5.35. The van der Waals surface area contributed by atoms with E-state index in [1.807, 2.05) is 0 Å². The van der Waals surface area contributed by atoms with Crippen molar-refractivity contribution in [3.8, 4) is 5.75 Å². The Balaban J connectivity index is 2.03. The van der Waals surface area contributed by atoms with Crippen molar-refractivity contribution in [2.45, 2.75) is 25.8 Å². The molecule has 7 heteroatoms. The van der Waals surface area contributed by atoms with Gasteiger partial charge in [-0.05, 0) is 42.0 Å². The summed E-state index contributed by atoms with van der Waals surface area (Å²) in [6.07, 6.45) is 2.33. The number of aldehydes is 1. The summed E-state index contributed by atoms with van der Waals surface area (Å²) in [5, 5.41) is 10.1. The van der Waals surface area contributed by atoms with Crippen molar-refractivity contribution in [3.05, 3.63) is 23.3 Å². The van der Waals surface area contributed by atoms with Gasteiger partial charge in [0.25, 0.3) is 0 Å². The highest BCUT2D eigenvalue weighted by atomic mass is 32.2. The van der Waals surface area contributed by atoms with E-state index in [2.05, 4.69) is 11.6 Å². The van der Waals surface area contributed by atoms with Crippen LogP contribution in [-0.2, 0) is 27.8 Å². The molecule has 0 aromatic heterocycles. The van der Waals surface area contributed by atoms with Gasteiger partial charge in [-0.25, -0.2) is 0 Å². The number of phenolic OH excluding ortho intramolecular Hbond substituents is 1. The van der Waals surface area contributed by atoms with Gasteiger partial charge >= 0.3 is 10.2 Å². The molecule has 2 unspecified atom stereocenters. The molecule has 108 valence electrons. The quantitative estimate of drug-likeness (QED) is 0.771. The Morgan fingerprint density at radius 1 is 1.35 bits per heavy atom. The summed E-state index contributed by atoms with van der Waals surface area (Å²) in [5.74, 6) is 0.436. The van der Waals surface area contributed by atoms with Crippen molar-refractivity contribution < 1.29 is 18.3 Å².